The van der Waals surface area contributed by atoms with Gasteiger partial charge in [0.15, 0.2) is 9.84 Å². The average Bonchev–Trinajstić information content (AvgIpc) is 2.38. The summed E-state index contributed by atoms with van der Waals surface area (Å²) in [7, 11) is -2.97. The Hall–Kier alpha value is -1.08. The number of pyridine rings is 1. The van der Waals surface area contributed by atoms with Crippen LogP contribution >= 0.6 is 11.8 Å². The lowest BCUT2D eigenvalue weighted by molar-refractivity contribution is -0.129. The van der Waals surface area contributed by atoms with Gasteiger partial charge in [-0.3, -0.25) is 9.78 Å². The average molecular weight is 314 g/mol. The largest absolute Gasteiger partial charge is 0.337 e. The van der Waals surface area contributed by atoms with Gasteiger partial charge in [-0.05, 0) is 19.1 Å². The van der Waals surface area contributed by atoms with E-state index < -0.39 is 9.84 Å². The number of carbonyl (C=O) groups is 1. The van der Waals surface area contributed by atoms with Gasteiger partial charge >= 0.3 is 0 Å². The van der Waals surface area contributed by atoms with Crippen LogP contribution in [0.2, 0.25) is 0 Å². The normalized spacial score (nSPS) is 21.6. The van der Waals surface area contributed by atoms with E-state index in [1.165, 1.54) is 11.8 Å². The summed E-state index contributed by atoms with van der Waals surface area (Å²) in [5.41, 5.74) is 0.944. The fourth-order valence-electron chi connectivity index (χ4n) is 2.18. The van der Waals surface area contributed by atoms with Gasteiger partial charge in [0, 0.05) is 24.5 Å². The predicted molar refractivity (Wildman–Crippen MR) is 80.2 cm³/mol. The van der Waals surface area contributed by atoms with Crippen molar-refractivity contribution in [3.63, 3.8) is 0 Å². The molecule has 20 heavy (non-hydrogen) atoms. The third-order valence-corrected chi connectivity index (χ3v) is 5.94. The van der Waals surface area contributed by atoms with Crippen LogP contribution in [0, 0.1) is 0 Å². The van der Waals surface area contributed by atoms with Crippen LogP contribution in [0.5, 0.6) is 0 Å². The Bertz CT molecular complexity index is 560. The van der Waals surface area contributed by atoms with E-state index in [2.05, 4.69) is 4.98 Å². The van der Waals surface area contributed by atoms with Crippen molar-refractivity contribution in [3.05, 3.63) is 30.1 Å². The predicted octanol–water partition coefficient (Wildman–Crippen LogP) is 0.960. The number of sulfone groups is 1. The van der Waals surface area contributed by atoms with E-state index in [4.69, 9.17) is 0 Å². The Morgan fingerprint density at radius 2 is 2.30 bits per heavy atom. The number of aromatic nitrogens is 1. The fraction of sp³-hybridized carbons (Fsp3) is 0.538. The Morgan fingerprint density at radius 3 is 2.95 bits per heavy atom. The Morgan fingerprint density at radius 1 is 1.50 bits per heavy atom. The molecular weight excluding hydrogens is 296 g/mol. The van der Waals surface area contributed by atoms with Crippen molar-refractivity contribution in [2.75, 3.05) is 23.8 Å². The lowest BCUT2D eigenvalue weighted by atomic mass is 10.3. The summed E-state index contributed by atoms with van der Waals surface area (Å²) in [6.45, 7) is 2.10. The number of hydrogen-bond acceptors (Lipinski definition) is 5. The maximum atomic E-state index is 12.1. The van der Waals surface area contributed by atoms with E-state index >= 15 is 0 Å². The molecule has 0 aromatic carbocycles. The number of nitrogens with zero attached hydrogens (tertiary/aromatic N) is 2. The first-order valence-electron chi connectivity index (χ1n) is 6.45. The number of amides is 1. The molecule has 1 amide bonds. The van der Waals surface area contributed by atoms with Crippen molar-refractivity contribution < 1.29 is 13.2 Å². The quantitative estimate of drug-likeness (QED) is 0.828. The standard InChI is InChI=1S/C13H18N2O3S2/c1-11-10-20(17,18)7-6-15(11)13(16)9-19-8-12-4-2-3-5-14-12/h2-5,11H,6-10H2,1H3/t11-/m0/s1. The highest BCUT2D eigenvalue weighted by Crippen LogP contribution is 2.15. The smallest absolute Gasteiger partial charge is 0.232 e. The molecule has 2 rings (SSSR count). The Balaban J connectivity index is 1.81. The minimum absolute atomic E-state index is 0.00771. The maximum Gasteiger partial charge on any atom is 0.232 e. The highest BCUT2D eigenvalue weighted by atomic mass is 32.2. The lowest BCUT2D eigenvalue weighted by Gasteiger charge is -2.33. The van der Waals surface area contributed by atoms with Crippen LogP contribution in [0.25, 0.3) is 0 Å². The van der Waals surface area contributed by atoms with Crippen LogP contribution in [0.1, 0.15) is 12.6 Å². The molecule has 0 spiro atoms. The third-order valence-electron chi connectivity index (χ3n) is 3.19. The zero-order chi connectivity index (χ0) is 14.6. The van der Waals surface area contributed by atoms with Gasteiger partial charge in [0.2, 0.25) is 5.91 Å². The molecule has 0 aliphatic carbocycles. The number of rotatable bonds is 4. The summed E-state index contributed by atoms with van der Waals surface area (Å²) in [5.74, 6) is 1.21. The van der Waals surface area contributed by atoms with Crippen LogP contribution in [0.4, 0.5) is 0 Å². The maximum absolute atomic E-state index is 12.1. The summed E-state index contributed by atoms with van der Waals surface area (Å²) in [6, 6.07) is 5.47. The van der Waals surface area contributed by atoms with Gasteiger partial charge in [0.1, 0.15) is 0 Å². The van der Waals surface area contributed by atoms with Gasteiger partial charge in [-0.25, -0.2) is 8.42 Å². The van der Waals surface area contributed by atoms with Crippen molar-refractivity contribution in [2.24, 2.45) is 0 Å². The molecule has 1 aromatic heterocycles. The van der Waals surface area contributed by atoms with E-state index in [0.717, 1.165) is 5.69 Å². The van der Waals surface area contributed by atoms with Crippen molar-refractivity contribution >= 4 is 27.5 Å². The van der Waals surface area contributed by atoms with Gasteiger partial charge in [-0.15, -0.1) is 11.8 Å². The molecular formula is C13H18N2O3S2. The zero-order valence-corrected chi connectivity index (χ0v) is 13.0. The second-order valence-electron chi connectivity index (χ2n) is 4.86. The molecule has 2 heterocycles. The van der Waals surface area contributed by atoms with Crippen molar-refractivity contribution in [2.45, 2.75) is 18.7 Å². The highest BCUT2D eigenvalue weighted by molar-refractivity contribution is 7.99. The zero-order valence-electron chi connectivity index (χ0n) is 11.4. The first-order valence-corrected chi connectivity index (χ1v) is 9.43. The molecule has 1 aromatic rings. The second kappa shape index (κ2) is 6.58. The molecule has 110 valence electrons. The summed E-state index contributed by atoms with van der Waals surface area (Å²) >= 11 is 1.51. The molecule has 0 bridgehead atoms. The van der Waals surface area contributed by atoms with E-state index in [1.54, 1.807) is 18.0 Å². The molecule has 5 nitrogen and oxygen atoms in total. The van der Waals surface area contributed by atoms with Crippen molar-refractivity contribution in [1.29, 1.82) is 0 Å². The molecule has 1 aliphatic heterocycles. The minimum atomic E-state index is -2.97. The molecule has 0 N–H and O–H groups in total. The number of carbonyl (C=O) groups excluding carboxylic acids is 1. The monoisotopic (exact) mass is 314 g/mol. The first kappa shape index (κ1) is 15.3. The van der Waals surface area contributed by atoms with E-state index in [9.17, 15) is 13.2 Å². The molecule has 1 atom stereocenters. The van der Waals surface area contributed by atoms with Gasteiger partial charge in [-0.2, -0.15) is 0 Å². The third kappa shape index (κ3) is 4.21. The van der Waals surface area contributed by atoms with E-state index in [-0.39, 0.29) is 23.5 Å². The van der Waals surface area contributed by atoms with Crippen LogP contribution < -0.4 is 0 Å². The van der Waals surface area contributed by atoms with Gasteiger partial charge in [-0.1, -0.05) is 6.07 Å². The molecule has 0 radical (unpaired) electrons. The molecule has 0 saturated carbocycles. The number of hydrogen-bond donors (Lipinski definition) is 0. The topological polar surface area (TPSA) is 67.3 Å². The van der Waals surface area contributed by atoms with E-state index in [1.807, 2.05) is 18.2 Å². The molecule has 1 saturated heterocycles. The summed E-state index contributed by atoms with van der Waals surface area (Å²) < 4.78 is 23.0. The Kier molecular flexibility index (Phi) is 5.04. The van der Waals surface area contributed by atoms with Crippen LogP contribution in [0.3, 0.4) is 0 Å². The summed E-state index contributed by atoms with van der Waals surface area (Å²) in [4.78, 5) is 18.0. The van der Waals surface area contributed by atoms with Crippen LogP contribution in [0.15, 0.2) is 24.4 Å². The van der Waals surface area contributed by atoms with Crippen LogP contribution in [-0.2, 0) is 20.4 Å². The molecule has 0 unspecified atom stereocenters. The highest BCUT2D eigenvalue weighted by Gasteiger charge is 2.30. The molecule has 1 fully saturated rings. The van der Waals surface area contributed by atoms with Crippen molar-refractivity contribution in [3.8, 4) is 0 Å². The second-order valence-corrected chi connectivity index (χ2v) is 8.08. The fourth-order valence-corrected chi connectivity index (χ4v) is 4.56. The van der Waals surface area contributed by atoms with Gasteiger partial charge in [0.05, 0.1) is 23.0 Å². The van der Waals surface area contributed by atoms with Gasteiger partial charge in [0.25, 0.3) is 0 Å². The van der Waals surface area contributed by atoms with Gasteiger partial charge < -0.3 is 4.90 Å². The summed E-state index contributed by atoms with van der Waals surface area (Å²) in [6.07, 6.45) is 1.73. The lowest BCUT2D eigenvalue weighted by Crippen LogP contribution is -2.50. The molecule has 7 heteroatoms. The first-order chi connectivity index (χ1) is 9.48. The Labute approximate surface area is 123 Å². The summed E-state index contributed by atoms with van der Waals surface area (Å²) in [5, 5.41) is 0. The van der Waals surface area contributed by atoms with Crippen LogP contribution in [-0.4, -0.2) is 54.1 Å². The SMILES string of the molecule is C[C@H]1CS(=O)(=O)CCN1C(=O)CSCc1ccccn1. The van der Waals surface area contributed by atoms with Crippen molar-refractivity contribution in [1.82, 2.24) is 9.88 Å². The molecule has 1 aliphatic rings. The minimum Gasteiger partial charge on any atom is -0.337 e. The van der Waals surface area contributed by atoms with E-state index in [0.29, 0.717) is 18.1 Å². The number of thioether (sulfide) groups is 1.